The summed E-state index contributed by atoms with van der Waals surface area (Å²) in [5, 5.41) is 0. The number of hydrogen-bond acceptors (Lipinski definition) is 2. The van der Waals surface area contributed by atoms with Gasteiger partial charge >= 0.3 is 5.97 Å². The highest BCUT2D eigenvalue weighted by Gasteiger charge is 1.99. The highest BCUT2D eigenvalue weighted by Crippen LogP contribution is 2.02. The highest BCUT2D eigenvalue weighted by molar-refractivity contribution is 5.69. The van der Waals surface area contributed by atoms with E-state index in [0.717, 1.165) is 32.1 Å². The maximum Gasteiger partial charge on any atom is 0.306 e. The minimum atomic E-state index is -0.143. The number of carbonyl (C=O) groups excluding carboxylic acids is 1. The lowest BCUT2D eigenvalue weighted by Gasteiger charge is -1.99. The zero-order chi connectivity index (χ0) is 18.4. The summed E-state index contributed by atoms with van der Waals surface area (Å²) < 4.78 is 4.92. The molecular weight excluding hydrogens is 308 g/mol. The third kappa shape index (κ3) is 20.1. The lowest BCUT2D eigenvalue weighted by atomic mass is 10.2. The smallest absolute Gasteiger partial charge is 0.306 e. The molecule has 0 unspecified atom stereocenters. The molecule has 0 aromatic heterocycles. The maximum atomic E-state index is 11.2. The first-order chi connectivity index (χ1) is 12.3. The second-order valence-corrected chi connectivity index (χ2v) is 5.95. The molecule has 2 heteroatoms. The molecule has 25 heavy (non-hydrogen) atoms. The molecule has 0 radical (unpaired) electrons. The minimum absolute atomic E-state index is 0.143. The molecule has 0 saturated heterocycles. The van der Waals surface area contributed by atoms with Crippen molar-refractivity contribution in [3.8, 4) is 0 Å². The molecular formula is C23H36O2. The number of allylic oxidation sites excluding steroid dienone is 8. The van der Waals surface area contributed by atoms with Crippen molar-refractivity contribution in [3.05, 3.63) is 61.3 Å². The average Bonchev–Trinajstić information content (AvgIpc) is 2.62. The molecule has 0 aliphatic carbocycles. The largest absolute Gasteiger partial charge is 0.461 e. The van der Waals surface area contributed by atoms with E-state index in [4.69, 9.17) is 4.74 Å². The zero-order valence-electron chi connectivity index (χ0n) is 16.0. The van der Waals surface area contributed by atoms with Crippen LogP contribution in [-0.2, 0) is 9.53 Å². The van der Waals surface area contributed by atoms with Gasteiger partial charge in [-0.3, -0.25) is 4.79 Å². The van der Waals surface area contributed by atoms with Crippen LogP contribution in [-0.4, -0.2) is 12.6 Å². The number of unbranched alkanes of at least 4 members (excludes halogenated alkanes) is 4. The molecule has 0 aliphatic rings. The highest BCUT2D eigenvalue weighted by atomic mass is 16.5. The third-order valence-electron chi connectivity index (χ3n) is 3.57. The Labute approximate surface area is 155 Å². The number of carbonyl (C=O) groups is 1. The van der Waals surface area contributed by atoms with Crippen LogP contribution in [0.1, 0.15) is 71.1 Å². The summed E-state index contributed by atoms with van der Waals surface area (Å²) in [4.78, 5) is 11.2. The van der Waals surface area contributed by atoms with Gasteiger partial charge in [-0.2, -0.15) is 0 Å². The van der Waals surface area contributed by atoms with E-state index in [2.05, 4.69) is 62.1 Å². The zero-order valence-corrected chi connectivity index (χ0v) is 16.0. The first-order valence-corrected chi connectivity index (χ1v) is 9.67. The van der Waals surface area contributed by atoms with Crippen LogP contribution in [0.3, 0.4) is 0 Å². The Morgan fingerprint density at radius 2 is 1.32 bits per heavy atom. The van der Waals surface area contributed by atoms with Gasteiger partial charge in [0.05, 0.1) is 0 Å². The normalized spacial score (nSPS) is 12.0. The lowest BCUT2D eigenvalue weighted by Crippen LogP contribution is -2.03. The van der Waals surface area contributed by atoms with E-state index in [0.29, 0.717) is 13.0 Å². The fraction of sp³-hybridized carbons (Fsp3) is 0.522. The van der Waals surface area contributed by atoms with E-state index in [1.165, 1.54) is 25.7 Å². The van der Waals surface area contributed by atoms with Crippen LogP contribution < -0.4 is 0 Å². The van der Waals surface area contributed by atoms with Crippen molar-refractivity contribution in [1.82, 2.24) is 0 Å². The van der Waals surface area contributed by atoms with E-state index in [1.807, 2.05) is 0 Å². The van der Waals surface area contributed by atoms with E-state index < -0.39 is 0 Å². The average molecular weight is 345 g/mol. The Hall–Kier alpha value is -1.83. The molecule has 0 aromatic carbocycles. The summed E-state index contributed by atoms with van der Waals surface area (Å²) in [5.74, 6) is -0.143. The van der Waals surface area contributed by atoms with Crippen LogP contribution in [0, 0.1) is 0 Å². The molecule has 2 nitrogen and oxygen atoms in total. The number of rotatable bonds is 16. The monoisotopic (exact) mass is 344 g/mol. The molecule has 0 bridgehead atoms. The quantitative estimate of drug-likeness (QED) is 0.174. The molecule has 0 fully saturated rings. The molecule has 0 atom stereocenters. The molecule has 0 rings (SSSR count). The number of ether oxygens (including phenoxy) is 1. The van der Waals surface area contributed by atoms with Gasteiger partial charge in [0, 0.05) is 6.42 Å². The van der Waals surface area contributed by atoms with Crippen LogP contribution in [0.4, 0.5) is 0 Å². The second-order valence-electron chi connectivity index (χ2n) is 5.95. The van der Waals surface area contributed by atoms with Crippen molar-refractivity contribution in [2.45, 2.75) is 71.1 Å². The van der Waals surface area contributed by atoms with Gasteiger partial charge in [-0.25, -0.2) is 0 Å². The Morgan fingerprint density at radius 1 is 0.800 bits per heavy atom. The summed E-state index contributed by atoms with van der Waals surface area (Å²) >= 11 is 0. The van der Waals surface area contributed by atoms with E-state index in [1.54, 1.807) is 6.08 Å². The van der Waals surface area contributed by atoms with Gasteiger partial charge in [-0.05, 0) is 44.9 Å². The summed E-state index contributed by atoms with van der Waals surface area (Å²) in [7, 11) is 0. The second kappa shape index (κ2) is 20.2. The van der Waals surface area contributed by atoms with Crippen LogP contribution in [0.15, 0.2) is 61.3 Å². The van der Waals surface area contributed by atoms with Crippen molar-refractivity contribution in [2.75, 3.05) is 6.61 Å². The number of esters is 1. The summed E-state index contributed by atoms with van der Waals surface area (Å²) in [5.41, 5.74) is 0. The molecule has 0 aliphatic heterocycles. The summed E-state index contributed by atoms with van der Waals surface area (Å²) in [6, 6.07) is 0. The molecule has 0 N–H and O–H groups in total. The molecule has 0 spiro atoms. The van der Waals surface area contributed by atoms with Gasteiger partial charge in [-0.1, -0.05) is 81.0 Å². The summed E-state index contributed by atoms with van der Waals surface area (Å²) in [6.07, 6.45) is 29.6. The van der Waals surface area contributed by atoms with Crippen molar-refractivity contribution >= 4 is 5.97 Å². The third-order valence-corrected chi connectivity index (χ3v) is 3.57. The first kappa shape index (κ1) is 23.2. The molecule has 0 aromatic rings. The van der Waals surface area contributed by atoms with Crippen LogP contribution in [0.25, 0.3) is 0 Å². The SMILES string of the molecule is C=CCOC(=O)CCC/C=C\C/C=C\C/C=C\C/C=C\CCCCC. The standard InChI is InChI=1S/C23H36O2/c1-3-5-6-7-8-9-10-11-12-13-14-15-16-17-18-19-20-21-23(24)25-22-4-2/h4,8-9,11-12,14-15,17-18H,2-3,5-7,10,13,16,19-22H2,1H3/b9-8-,12-11-,15-14-,18-17-. The number of hydrogen-bond donors (Lipinski definition) is 0. The van der Waals surface area contributed by atoms with E-state index in [9.17, 15) is 4.79 Å². The maximum absolute atomic E-state index is 11.2. The van der Waals surface area contributed by atoms with Gasteiger partial charge in [0.15, 0.2) is 0 Å². The van der Waals surface area contributed by atoms with Crippen molar-refractivity contribution in [2.24, 2.45) is 0 Å². The Balaban J connectivity index is 3.46. The van der Waals surface area contributed by atoms with Gasteiger partial charge in [0.2, 0.25) is 0 Å². The molecule has 0 saturated carbocycles. The van der Waals surface area contributed by atoms with Crippen molar-refractivity contribution in [3.63, 3.8) is 0 Å². The Morgan fingerprint density at radius 3 is 1.84 bits per heavy atom. The molecule has 0 amide bonds. The van der Waals surface area contributed by atoms with Gasteiger partial charge in [0.25, 0.3) is 0 Å². The fourth-order valence-electron chi connectivity index (χ4n) is 2.15. The fourth-order valence-corrected chi connectivity index (χ4v) is 2.15. The predicted molar refractivity (Wildman–Crippen MR) is 110 cm³/mol. The Bertz CT molecular complexity index is 427. The first-order valence-electron chi connectivity index (χ1n) is 9.67. The van der Waals surface area contributed by atoms with E-state index >= 15 is 0 Å². The van der Waals surface area contributed by atoms with Crippen LogP contribution >= 0.6 is 0 Å². The summed E-state index contributed by atoms with van der Waals surface area (Å²) in [6.45, 7) is 6.06. The van der Waals surface area contributed by atoms with Gasteiger partial charge in [-0.15, -0.1) is 0 Å². The molecule has 0 heterocycles. The van der Waals surface area contributed by atoms with E-state index in [-0.39, 0.29) is 5.97 Å². The van der Waals surface area contributed by atoms with Gasteiger partial charge in [0.1, 0.15) is 6.61 Å². The lowest BCUT2D eigenvalue weighted by molar-refractivity contribution is -0.142. The molecule has 140 valence electrons. The van der Waals surface area contributed by atoms with Gasteiger partial charge < -0.3 is 4.74 Å². The minimum Gasteiger partial charge on any atom is -0.461 e. The Kier molecular flexibility index (Phi) is 18.7. The van der Waals surface area contributed by atoms with Crippen LogP contribution in [0.2, 0.25) is 0 Å². The van der Waals surface area contributed by atoms with Crippen molar-refractivity contribution in [1.29, 1.82) is 0 Å². The van der Waals surface area contributed by atoms with Crippen LogP contribution in [0.5, 0.6) is 0 Å². The topological polar surface area (TPSA) is 26.3 Å². The predicted octanol–water partition coefficient (Wildman–Crippen LogP) is 6.86. The van der Waals surface area contributed by atoms with Crippen molar-refractivity contribution < 1.29 is 9.53 Å².